The van der Waals surface area contributed by atoms with E-state index in [1.165, 1.54) is 41.5 Å². The summed E-state index contributed by atoms with van der Waals surface area (Å²) >= 11 is 0. The molecule has 1 atom stereocenters. The van der Waals surface area contributed by atoms with E-state index in [2.05, 4.69) is 46.8 Å². The molecule has 1 unspecified atom stereocenters. The summed E-state index contributed by atoms with van der Waals surface area (Å²) in [6.45, 7) is 11.3. The van der Waals surface area contributed by atoms with Crippen LogP contribution >= 0.6 is 0 Å². The maximum absolute atomic E-state index is 6.88. The Hall–Kier alpha value is -0.820. The summed E-state index contributed by atoms with van der Waals surface area (Å²) < 4.78 is 0. The molecule has 0 heterocycles. The first-order valence-electron chi connectivity index (χ1n) is 7.15. The van der Waals surface area contributed by atoms with E-state index in [0.717, 1.165) is 6.42 Å². The van der Waals surface area contributed by atoms with Gasteiger partial charge in [0.1, 0.15) is 0 Å². The molecule has 0 radical (unpaired) electrons. The van der Waals surface area contributed by atoms with Crippen LogP contribution in [0.25, 0.3) is 0 Å². The van der Waals surface area contributed by atoms with Crippen LogP contribution in [0.4, 0.5) is 0 Å². The fourth-order valence-corrected chi connectivity index (χ4v) is 3.47. The maximum atomic E-state index is 6.88. The molecule has 1 aliphatic rings. The molecule has 1 saturated carbocycles. The molecule has 1 aliphatic carbocycles. The average molecular weight is 245 g/mol. The molecule has 1 heteroatoms. The van der Waals surface area contributed by atoms with Crippen molar-refractivity contribution < 1.29 is 0 Å². The predicted molar refractivity (Wildman–Crippen MR) is 78.8 cm³/mol. The van der Waals surface area contributed by atoms with Gasteiger partial charge in [0.2, 0.25) is 0 Å². The van der Waals surface area contributed by atoms with Crippen molar-refractivity contribution in [1.29, 1.82) is 0 Å². The average Bonchev–Trinajstić information content (AvgIpc) is 2.27. The van der Waals surface area contributed by atoms with E-state index in [0.29, 0.717) is 0 Å². The van der Waals surface area contributed by atoms with Gasteiger partial charge in [-0.05, 0) is 61.3 Å². The van der Waals surface area contributed by atoms with E-state index in [-0.39, 0.29) is 11.0 Å². The zero-order valence-electron chi connectivity index (χ0n) is 12.6. The molecule has 2 N–H and O–H groups in total. The Labute approximate surface area is 112 Å². The van der Waals surface area contributed by atoms with Crippen LogP contribution in [0, 0.1) is 26.2 Å². The van der Waals surface area contributed by atoms with Gasteiger partial charge in [0.15, 0.2) is 0 Å². The van der Waals surface area contributed by atoms with Crippen molar-refractivity contribution in [2.45, 2.75) is 65.8 Å². The van der Waals surface area contributed by atoms with Crippen molar-refractivity contribution in [2.75, 3.05) is 0 Å². The van der Waals surface area contributed by atoms with Crippen LogP contribution < -0.4 is 5.73 Å². The van der Waals surface area contributed by atoms with Crippen molar-refractivity contribution in [2.24, 2.45) is 11.1 Å². The number of hydrogen-bond donors (Lipinski definition) is 1. The number of aryl methyl sites for hydroxylation is 3. The second-order valence-electron chi connectivity index (χ2n) is 6.81. The van der Waals surface area contributed by atoms with E-state index in [9.17, 15) is 0 Å². The molecular weight excluding hydrogens is 218 g/mol. The Morgan fingerprint density at radius 1 is 0.889 bits per heavy atom. The van der Waals surface area contributed by atoms with Gasteiger partial charge < -0.3 is 5.73 Å². The fourth-order valence-electron chi connectivity index (χ4n) is 3.47. The van der Waals surface area contributed by atoms with E-state index in [1.807, 2.05) is 0 Å². The van der Waals surface area contributed by atoms with Gasteiger partial charge in [-0.25, -0.2) is 0 Å². The summed E-state index contributed by atoms with van der Waals surface area (Å²) in [4.78, 5) is 0. The lowest BCUT2D eigenvalue weighted by molar-refractivity contribution is 0.0972. The normalized spacial score (nSPS) is 27.2. The summed E-state index contributed by atoms with van der Waals surface area (Å²) in [5, 5.41) is 0. The molecule has 1 nitrogen and oxygen atoms in total. The number of benzene rings is 1. The summed E-state index contributed by atoms with van der Waals surface area (Å²) in [6, 6.07) is 4.63. The maximum Gasteiger partial charge on any atom is 0.0464 e. The molecule has 0 aromatic heterocycles. The minimum Gasteiger partial charge on any atom is -0.321 e. The highest BCUT2D eigenvalue weighted by Crippen LogP contribution is 2.49. The minimum absolute atomic E-state index is 0.159. The third-order valence-corrected chi connectivity index (χ3v) is 5.15. The molecule has 100 valence electrons. The molecule has 1 fully saturated rings. The number of nitrogens with two attached hydrogens (primary N) is 1. The molecule has 1 aromatic carbocycles. The lowest BCUT2D eigenvalue weighted by Crippen LogP contribution is -2.52. The highest BCUT2D eigenvalue weighted by Gasteiger charge is 2.45. The van der Waals surface area contributed by atoms with Crippen LogP contribution in [0.2, 0.25) is 0 Å². The van der Waals surface area contributed by atoms with Gasteiger partial charge in [-0.3, -0.25) is 0 Å². The third-order valence-electron chi connectivity index (χ3n) is 5.15. The first-order chi connectivity index (χ1) is 8.28. The molecule has 1 aromatic rings. The highest BCUT2D eigenvalue weighted by molar-refractivity contribution is 5.41. The Kier molecular flexibility index (Phi) is 3.31. The Morgan fingerprint density at radius 3 is 2.06 bits per heavy atom. The zero-order valence-corrected chi connectivity index (χ0v) is 12.6. The molecule has 0 saturated heterocycles. The quantitative estimate of drug-likeness (QED) is 0.781. The van der Waals surface area contributed by atoms with Crippen LogP contribution in [-0.4, -0.2) is 0 Å². The van der Waals surface area contributed by atoms with Crippen molar-refractivity contribution >= 4 is 0 Å². The molecule has 0 bridgehead atoms. The Bertz CT molecular complexity index is 459. The number of rotatable bonds is 1. The van der Waals surface area contributed by atoms with E-state index < -0.39 is 0 Å². The van der Waals surface area contributed by atoms with Gasteiger partial charge in [-0.15, -0.1) is 0 Å². The van der Waals surface area contributed by atoms with E-state index in [1.54, 1.807) is 0 Å². The van der Waals surface area contributed by atoms with Crippen LogP contribution in [0.1, 0.15) is 61.8 Å². The monoisotopic (exact) mass is 245 g/mol. The first-order valence-corrected chi connectivity index (χ1v) is 7.15. The van der Waals surface area contributed by atoms with Gasteiger partial charge in [0, 0.05) is 5.54 Å². The third kappa shape index (κ3) is 1.99. The van der Waals surface area contributed by atoms with Gasteiger partial charge in [-0.2, -0.15) is 0 Å². The highest BCUT2D eigenvalue weighted by atomic mass is 14.8. The molecule has 0 spiro atoms. The first kappa shape index (κ1) is 13.6. The lowest BCUT2D eigenvalue weighted by Gasteiger charge is -2.49. The summed E-state index contributed by atoms with van der Waals surface area (Å²) in [5.41, 5.74) is 12.4. The Balaban J connectivity index is 2.56. The summed E-state index contributed by atoms with van der Waals surface area (Å²) in [6.07, 6.45) is 4.92. The molecular formula is C17H27N. The Morgan fingerprint density at radius 2 is 1.44 bits per heavy atom. The van der Waals surface area contributed by atoms with Crippen LogP contribution in [0.5, 0.6) is 0 Å². The summed E-state index contributed by atoms with van der Waals surface area (Å²) in [7, 11) is 0. The van der Waals surface area contributed by atoms with Gasteiger partial charge >= 0.3 is 0 Å². The molecule has 18 heavy (non-hydrogen) atoms. The SMILES string of the molecule is Cc1cc(C)c(C2(N)CCCCC2(C)C)cc1C. The van der Waals surface area contributed by atoms with Crippen molar-refractivity contribution in [3.63, 3.8) is 0 Å². The second-order valence-corrected chi connectivity index (χ2v) is 6.81. The summed E-state index contributed by atoms with van der Waals surface area (Å²) in [5.74, 6) is 0. The van der Waals surface area contributed by atoms with E-state index >= 15 is 0 Å². The zero-order chi connectivity index (χ0) is 13.6. The lowest BCUT2D eigenvalue weighted by atomic mass is 9.60. The smallest absolute Gasteiger partial charge is 0.0464 e. The van der Waals surface area contributed by atoms with Gasteiger partial charge in [0.25, 0.3) is 0 Å². The van der Waals surface area contributed by atoms with E-state index in [4.69, 9.17) is 5.73 Å². The standard InChI is InChI=1S/C17H27N/c1-12-10-14(3)15(11-13(12)2)17(18)9-7-6-8-16(17,4)5/h10-11H,6-9,18H2,1-5H3. The van der Waals surface area contributed by atoms with Crippen LogP contribution in [-0.2, 0) is 5.54 Å². The molecule has 0 amide bonds. The van der Waals surface area contributed by atoms with Crippen LogP contribution in [0.3, 0.4) is 0 Å². The van der Waals surface area contributed by atoms with Gasteiger partial charge in [0.05, 0.1) is 0 Å². The molecule has 2 rings (SSSR count). The predicted octanol–water partition coefficient (Wildman–Crippen LogP) is 4.37. The van der Waals surface area contributed by atoms with Crippen LogP contribution in [0.15, 0.2) is 12.1 Å². The minimum atomic E-state index is -0.159. The van der Waals surface area contributed by atoms with Gasteiger partial charge in [-0.1, -0.05) is 38.8 Å². The van der Waals surface area contributed by atoms with Crippen molar-refractivity contribution in [1.82, 2.24) is 0 Å². The van der Waals surface area contributed by atoms with Crippen molar-refractivity contribution in [3.8, 4) is 0 Å². The number of hydrogen-bond acceptors (Lipinski definition) is 1. The second kappa shape index (κ2) is 4.38. The van der Waals surface area contributed by atoms with Crippen molar-refractivity contribution in [3.05, 3.63) is 34.4 Å². The topological polar surface area (TPSA) is 26.0 Å². The largest absolute Gasteiger partial charge is 0.321 e. The fraction of sp³-hybridized carbons (Fsp3) is 0.647. The molecule has 0 aliphatic heterocycles.